The fraction of sp³-hybridized carbons (Fsp3) is 0.321. The summed E-state index contributed by atoms with van der Waals surface area (Å²) in [5, 5.41) is 8.42. The number of nitrogens with zero attached hydrogens (tertiary/aromatic N) is 4. The molecule has 1 N–H and O–H groups in total. The predicted molar refractivity (Wildman–Crippen MR) is 141 cm³/mol. The molecule has 6 nitrogen and oxygen atoms in total. The van der Waals surface area contributed by atoms with E-state index in [-0.39, 0.29) is 5.91 Å². The van der Waals surface area contributed by atoms with Crippen molar-refractivity contribution in [3.63, 3.8) is 0 Å². The van der Waals surface area contributed by atoms with Crippen molar-refractivity contribution < 1.29 is 4.79 Å². The van der Waals surface area contributed by atoms with Crippen molar-refractivity contribution in [2.24, 2.45) is 0 Å². The molecule has 1 aliphatic rings. The Labute approximate surface area is 210 Å². The van der Waals surface area contributed by atoms with Crippen molar-refractivity contribution in [1.29, 1.82) is 0 Å². The number of hydrogen-bond donors (Lipinski definition) is 1. The Balaban J connectivity index is 1.42. The van der Waals surface area contributed by atoms with E-state index in [0.717, 1.165) is 36.3 Å². The summed E-state index contributed by atoms with van der Waals surface area (Å²) in [7, 11) is 0. The topological polar surface area (TPSA) is 62.5 Å². The number of carbonyl (C=O) groups excluding carboxylic acids is 1. The van der Waals surface area contributed by atoms with E-state index in [1.165, 1.54) is 19.3 Å². The van der Waals surface area contributed by atoms with Gasteiger partial charge in [0.2, 0.25) is 0 Å². The van der Waals surface area contributed by atoms with E-state index in [0.29, 0.717) is 34.6 Å². The second kappa shape index (κ2) is 10.6. The first-order valence-corrected chi connectivity index (χ1v) is 12.7. The second-order valence-corrected chi connectivity index (χ2v) is 9.57. The van der Waals surface area contributed by atoms with Gasteiger partial charge in [-0.05, 0) is 44.9 Å². The van der Waals surface area contributed by atoms with Gasteiger partial charge in [-0.15, -0.1) is 0 Å². The lowest BCUT2D eigenvalue weighted by molar-refractivity contribution is 0.0941. The minimum Gasteiger partial charge on any atom is -0.351 e. The third-order valence-corrected chi connectivity index (χ3v) is 7.06. The van der Waals surface area contributed by atoms with Crippen LogP contribution in [0.3, 0.4) is 0 Å². The van der Waals surface area contributed by atoms with E-state index in [1.54, 1.807) is 10.6 Å². The van der Waals surface area contributed by atoms with Crippen LogP contribution < -0.4 is 5.32 Å². The number of aromatic nitrogens is 3. The summed E-state index contributed by atoms with van der Waals surface area (Å²) in [6.45, 7) is 5.05. The first-order chi connectivity index (χ1) is 17.1. The summed E-state index contributed by atoms with van der Waals surface area (Å²) in [5.41, 5.74) is 4.22. The number of piperidine rings is 1. The molecule has 0 spiro atoms. The van der Waals surface area contributed by atoms with E-state index in [4.69, 9.17) is 21.7 Å². The van der Waals surface area contributed by atoms with E-state index in [1.807, 2.05) is 60.7 Å². The molecule has 0 bridgehead atoms. The highest BCUT2D eigenvalue weighted by Gasteiger charge is 2.19. The van der Waals surface area contributed by atoms with Crippen LogP contribution >= 0.6 is 11.6 Å². The standard InChI is InChI=1S/C28H30ClN5O/c1-20-10-7-8-16-33(20)17-9-15-30-28(35)26-18-25(22-13-5-6-14-23(22)29)31-27-19-24(32-34(26)27)21-11-3-2-4-12-21/h2-6,11-14,18-20H,7-10,15-17H2,1H3,(H,30,35). The highest BCUT2D eigenvalue weighted by Crippen LogP contribution is 2.28. The van der Waals surface area contributed by atoms with Crippen LogP contribution in [-0.4, -0.2) is 51.1 Å². The first kappa shape index (κ1) is 23.5. The fourth-order valence-electron chi connectivity index (χ4n) is 4.76. The Bertz CT molecular complexity index is 1320. The van der Waals surface area contributed by atoms with Gasteiger partial charge in [0.15, 0.2) is 5.65 Å². The van der Waals surface area contributed by atoms with Crippen molar-refractivity contribution >= 4 is 23.2 Å². The summed E-state index contributed by atoms with van der Waals surface area (Å²) in [6.07, 6.45) is 4.75. The third-order valence-electron chi connectivity index (χ3n) is 6.73. The Hall–Kier alpha value is -3.22. The van der Waals surface area contributed by atoms with Gasteiger partial charge in [0, 0.05) is 41.3 Å². The summed E-state index contributed by atoms with van der Waals surface area (Å²) >= 11 is 6.46. The van der Waals surface area contributed by atoms with E-state index in [9.17, 15) is 4.79 Å². The molecule has 180 valence electrons. The van der Waals surface area contributed by atoms with Crippen molar-refractivity contribution in [3.05, 3.63) is 77.4 Å². The van der Waals surface area contributed by atoms with Gasteiger partial charge in [-0.2, -0.15) is 5.10 Å². The van der Waals surface area contributed by atoms with Gasteiger partial charge in [-0.3, -0.25) is 4.79 Å². The molecule has 4 aromatic rings. The average Bonchev–Trinajstić information content (AvgIpc) is 3.32. The number of amides is 1. The molecule has 1 saturated heterocycles. The van der Waals surface area contributed by atoms with Gasteiger partial charge >= 0.3 is 0 Å². The monoisotopic (exact) mass is 487 g/mol. The van der Waals surface area contributed by atoms with E-state index < -0.39 is 0 Å². The number of fused-ring (bicyclic) bond motifs is 1. The van der Waals surface area contributed by atoms with E-state index >= 15 is 0 Å². The van der Waals surface area contributed by atoms with Crippen molar-refractivity contribution in [1.82, 2.24) is 24.8 Å². The van der Waals surface area contributed by atoms with Crippen LogP contribution in [0.2, 0.25) is 5.02 Å². The van der Waals surface area contributed by atoms with Gasteiger partial charge in [0.05, 0.1) is 11.4 Å². The van der Waals surface area contributed by atoms with Gasteiger partial charge in [0.1, 0.15) is 5.69 Å². The highest BCUT2D eigenvalue weighted by atomic mass is 35.5. The Morgan fingerprint density at radius 1 is 1.06 bits per heavy atom. The molecule has 1 aliphatic heterocycles. The van der Waals surface area contributed by atoms with Crippen LogP contribution in [0, 0.1) is 0 Å². The maximum Gasteiger partial charge on any atom is 0.270 e. The van der Waals surface area contributed by atoms with Crippen LogP contribution in [0.5, 0.6) is 0 Å². The SMILES string of the molecule is CC1CCCCN1CCCNC(=O)c1cc(-c2ccccc2Cl)nc2cc(-c3ccccc3)nn12. The Kier molecular flexibility index (Phi) is 7.11. The van der Waals surface area contributed by atoms with Crippen LogP contribution in [0.1, 0.15) is 43.1 Å². The normalized spacial score (nSPS) is 16.5. The lowest BCUT2D eigenvalue weighted by Crippen LogP contribution is -2.39. The lowest BCUT2D eigenvalue weighted by atomic mass is 10.0. The number of benzene rings is 2. The summed E-state index contributed by atoms with van der Waals surface area (Å²) < 4.78 is 1.63. The largest absolute Gasteiger partial charge is 0.351 e. The molecule has 1 fully saturated rings. The molecule has 5 rings (SSSR count). The van der Waals surface area contributed by atoms with Gasteiger partial charge in [-0.1, -0.05) is 66.6 Å². The molecule has 2 aromatic carbocycles. The maximum absolute atomic E-state index is 13.3. The zero-order valence-corrected chi connectivity index (χ0v) is 20.7. The number of nitrogens with one attached hydrogen (secondary N) is 1. The van der Waals surface area contributed by atoms with Crippen LogP contribution in [-0.2, 0) is 0 Å². The Morgan fingerprint density at radius 3 is 2.66 bits per heavy atom. The second-order valence-electron chi connectivity index (χ2n) is 9.16. The van der Waals surface area contributed by atoms with Crippen LogP contribution in [0.25, 0.3) is 28.2 Å². The molecule has 0 aliphatic carbocycles. The van der Waals surface area contributed by atoms with E-state index in [2.05, 4.69) is 17.1 Å². The van der Waals surface area contributed by atoms with Gasteiger partial charge in [-0.25, -0.2) is 9.50 Å². The van der Waals surface area contributed by atoms with Crippen LogP contribution in [0.15, 0.2) is 66.7 Å². The van der Waals surface area contributed by atoms with Crippen LogP contribution in [0.4, 0.5) is 0 Å². The molecule has 7 heteroatoms. The summed E-state index contributed by atoms with van der Waals surface area (Å²) in [6, 6.07) is 21.8. The van der Waals surface area contributed by atoms with Gasteiger partial charge < -0.3 is 10.2 Å². The predicted octanol–water partition coefficient (Wildman–Crippen LogP) is 5.71. The first-order valence-electron chi connectivity index (χ1n) is 12.3. The molecule has 1 amide bonds. The van der Waals surface area contributed by atoms with Crippen molar-refractivity contribution in [2.45, 2.75) is 38.6 Å². The minimum atomic E-state index is -0.167. The molecule has 3 heterocycles. The highest BCUT2D eigenvalue weighted by molar-refractivity contribution is 6.33. The molecule has 1 unspecified atom stereocenters. The number of carbonyl (C=O) groups is 1. The average molecular weight is 488 g/mol. The Morgan fingerprint density at radius 2 is 1.86 bits per heavy atom. The van der Waals surface area contributed by atoms with Gasteiger partial charge in [0.25, 0.3) is 5.91 Å². The molecular weight excluding hydrogens is 458 g/mol. The summed E-state index contributed by atoms with van der Waals surface area (Å²) in [5.74, 6) is -0.167. The number of halogens is 1. The number of hydrogen-bond acceptors (Lipinski definition) is 4. The zero-order chi connectivity index (χ0) is 24.2. The third kappa shape index (κ3) is 5.24. The number of likely N-dealkylation sites (tertiary alicyclic amines) is 1. The smallest absolute Gasteiger partial charge is 0.270 e. The summed E-state index contributed by atoms with van der Waals surface area (Å²) in [4.78, 5) is 20.7. The molecule has 0 radical (unpaired) electrons. The molecule has 0 saturated carbocycles. The zero-order valence-electron chi connectivity index (χ0n) is 20.0. The molecular formula is C28H30ClN5O. The fourth-order valence-corrected chi connectivity index (χ4v) is 4.99. The molecule has 1 atom stereocenters. The molecule has 2 aromatic heterocycles. The maximum atomic E-state index is 13.3. The number of rotatable bonds is 7. The lowest BCUT2D eigenvalue weighted by Gasteiger charge is -2.33. The minimum absolute atomic E-state index is 0.167. The van der Waals surface area contributed by atoms with Crippen molar-refractivity contribution in [2.75, 3.05) is 19.6 Å². The van der Waals surface area contributed by atoms with Crippen molar-refractivity contribution in [3.8, 4) is 22.5 Å². The quantitative estimate of drug-likeness (QED) is 0.339. The molecule has 35 heavy (non-hydrogen) atoms.